The predicted molar refractivity (Wildman–Crippen MR) is 81.1 cm³/mol. The molecule has 0 amide bonds. The van der Waals surface area contributed by atoms with Crippen molar-refractivity contribution in [2.45, 2.75) is 49.0 Å². The van der Waals surface area contributed by atoms with Crippen molar-refractivity contribution in [2.24, 2.45) is 0 Å². The van der Waals surface area contributed by atoms with Crippen molar-refractivity contribution in [2.75, 3.05) is 0 Å². The predicted octanol–water partition coefficient (Wildman–Crippen LogP) is 5.06. The normalized spacial score (nSPS) is 16.4. The Morgan fingerprint density at radius 2 is 2.05 bits per heavy atom. The van der Waals surface area contributed by atoms with Crippen LogP contribution in [0, 0.1) is 0 Å². The SMILES string of the molecule is Clc1cccc(CSc2nnc(C3CCCCC3)o2)c1. The van der Waals surface area contributed by atoms with Gasteiger partial charge in [0.2, 0.25) is 5.89 Å². The molecule has 1 aliphatic rings. The molecular weight excluding hydrogens is 292 g/mol. The third kappa shape index (κ3) is 3.55. The Bertz CT molecular complexity index is 567. The lowest BCUT2D eigenvalue weighted by Gasteiger charge is -2.17. The molecule has 20 heavy (non-hydrogen) atoms. The van der Waals surface area contributed by atoms with Crippen molar-refractivity contribution in [3.63, 3.8) is 0 Å². The van der Waals surface area contributed by atoms with Crippen LogP contribution in [0.3, 0.4) is 0 Å². The van der Waals surface area contributed by atoms with E-state index in [1.54, 1.807) is 11.8 Å². The highest BCUT2D eigenvalue weighted by Crippen LogP contribution is 2.33. The minimum Gasteiger partial charge on any atom is -0.416 e. The third-order valence-corrected chi connectivity index (χ3v) is 4.75. The molecule has 3 rings (SSSR count). The number of hydrogen-bond acceptors (Lipinski definition) is 4. The highest BCUT2D eigenvalue weighted by molar-refractivity contribution is 7.98. The van der Waals surface area contributed by atoms with E-state index < -0.39 is 0 Å². The number of nitrogens with zero attached hydrogens (tertiary/aromatic N) is 2. The molecule has 106 valence electrons. The van der Waals surface area contributed by atoms with Gasteiger partial charge in [-0.15, -0.1) is 10.2 Å². The molecule has 0 aliphatic heterocycles. The number of benzene rings is 1. The van der Waals surface area contributed by atoms with Gasteiger partial charge in [0.25, 0.3) is 5.22 Å². The average Bonchev–Trinajstić information content (AvgIpc) is 2.95. The number of aromatic nitrogens is 2. The van der Waals surface area contributed by atoms with E-state index in [1.165, 1.54) is 37.7 Å². The van der Waals surface area contributed by atoms with Crippen LogP contribution in [-0.2, 0) is 5.75 Å². The van der Waals surface area contributed by atoms with Crippen LogP contribution in [0.1, 0.15) is 49.5 Å². The maximum absolute atomic E-state index is 5.97. The first-order valence-corrected chi connectivity index (χ1v) is 8.38. The first kappa shape index (κ1) is 14.0. The molecular formula is C15H17ClN2OS. The molecule has 0 saturated heterocycles. The van der Waals surface area contributed by atoms with Gasteiger partial charge < -0.3 is 4.42 Å². The van der Waals surface area contributed by atoms with E-state index in [9.17, 15) is 0 Å². The van der Waals surface area contributed by atoms with Crippen molar-refractivity contribution in [3.05, 3.63) is 40.7 Å². The van der Waals surface area contributed by atoms with Gasteiger partial charge in [-0.05, 0) is 30.5 Å². The summed E-state index contributed by atoms with van der Waals surface area (Å²) in [6.07, 6.45) is 6.25. The molecule has 0 spiro atoms. The molecule has 5 heteroatoms. The van der Waals surface area contributed by atoms with Gasteiger partial charge in [0.05, 0.1) is 0 Å². The molecule has 2 aromatic rings. The molecule has 0 N–H and O–H groups in total. The van der Waals surface area contributed by atoms with Crippen LogP contribution in [0.25, 0.3) is 0 Å². The number of thioether (sulfide) groups is 1. The fraction of sp³-hybridized carbons (Fsp3) is 0.467. The Morgan fingerprint density at radius 3 is 2.85 bits per heavy atom. The van der Waals surface area contributed by atoms with Crippen LogP contribution in [0.15, 0.2) is 33.9 Å². The Labute approximate surface area is 128 Å². The number of halogens is 1. The van der Waals surface area contributed by atoms with Gasteiger partial charge in [-0.25, -0.2) is 0 Å². The molecule has 1 aliphatic carbocycles. The Kier molecular flexibility index (Phi) is 4.63. The second kappa shape index (κ2) is 6.64. The lowest BCUT2D eigenvalue weighted by atomic mass is 9.89. The van der Waals surface area contributed by atoms with Crippen LogP contribution in [0.2, 0.25) is 5.02 Å². The van der Waals surface area contributed by atoms with E-state index in [0.717, 1.165) is 16.7 Å². The molecule has 1 heterocycles. The standard InChI is InChI=1S/C15H17ClN2OS/c16-13-8-4-5-11(9-13)10-20-15-18-17-14(19-15)12-6-2-1-3-7-12/h4-5,8-9,12H,1-3,6-7,10H2. The van der Waals surface area contributed by atoms with Crippen molar-refractivity contribution < 1.29 is 4.42 Å². The van der Waals surface area contributed by atoms with Crippen molar-refractivity contribution in [1.82, 2.24) is 10.2 Å². The van der Waals surface area contributed by atoms with E-state index in [4.69, 9.17) is 16.0 Å². The summed E-state index contributed by atoms with van der Waals surface area (Å²) in [4.78, 5) is 0. The molecule has 1 fully saturated rings. The van der Waals surface area contributed by atoms with Gasteiger partial charge in [-0.1, -0.05) is 54.8 Å². The maximum atomic E-state index is 5.97. The lowest BCUT2D eigenvalue weighted by molar-refractivity contribution is 0.334. The summed E-state index contributed by atoms with van der Waals surface area (Å²) >= 11 is 7.54. The zero-order valence-corrected chi connectivity index (χ0v) is 12.8. The molecule has 0 unspecified atom stereocenters. The Hall–Kier alpha value is -1.00. The third-order valence-electron chi connectivity index (χ3n) is 3.63. The summed E-state index contributed by atoms with van der Waals surface area (Å²) in [7, 11) is 0. The van der Waals surface area contributed by atoms with Crippen LogP contribution in [-0.4, -0.2) is 10.2 Å². The first-order chi connectivity index (χ1) is 9.81. The molecule has 3 nitrogen and oxygen atoms in total. The monoisotopic (exact) mass is 308 g/mol. The van der Waals surface area contributed by atoms with Gasteiger partial charge in [-0.2, -0.15) is 0 Å². The first-order valence-electron chi connectivity index (χ1n) is 7.02. The average molecular weight is 309 g/mol. The second-order valence-corrected chi connectivity index (χ2v) is 6.52. The van der Waals surface area contributed by atoms with Crippen LogP contribution in [0.5, 0.6) is 0 Å². The van der Waals surface area contributed by atoms with E-state index in [0.29, 0.717) is 11.1 Å². The topological polar surface area (TPSA) is 38.9 Å². The summed E-state index contributed by atoms with van der Waals surface area (Å²) in [6, 6.07) is 7.85. The minimum absolute atomic E-state index is 0.469. The summed E-state index contributed by atoms with van der Waals surface area (Å²) < 4.78 is 5.78. The highest BCUT2D eigenvalue weighted by atomic mass is 35.5. The summed E-state index contributed by atoms with van der Waals surface area (Å²) in [5.41, 5.74) is 1.17. The fourth-order valence-electron chi connectivity index (χ4n) is 2.57. The smallest absolute Gasteiger partial charge is 0.276 e. The van der Waals surface area contributed by atoms with Gasteiger partial charge in [-0.3, -0.25) is 0 Å². The van der Waals surface area contributed by atoms with Gasteiger partial charge >= 0.3 is 0 Å². The van der Waals surface area contributed by atoms with Crippen LogP contribution < -0.4 is 0 Å². The molecule has 0 atom stereocenters. The van der Waals surface area contributed by atoms with E-state index in [-0.39, 0.29) is 0 Å². The largest absolute Gasteiger partial charge is 0.416 e. The van der Waals surface area contributed by atoms with Crippen LogP contribution in [0.4, 0.5) is 0 Å². The zero-order chi connectivity index (χ0) is 13.8. The molecule has 0 radical (unpaired) electrons. The van der Waals surface area contributed by atoms with Gasteiger partial charge in [0, 0.05) is 16.7 Å². The molecule has 1 aromatic heterocycles. The summed E-state index contributed by atoms with van der Waals surface area (Å²) in [6.45, 7) is 0. The zero-order valence-electron chi connectivity index (χ0n) is 11.2. The molecule has 1 saturated carbocycles. The van der Waals surface area contributed by atoms with E-state index in [1.807, 2.05) is 18.2 Å². The Morgan fingerprint density at radius 1 is 1.20 bits per heavy atom. The summed E-state index contributed by atoms with van der Waals surface area (Å²) in [5.74, 6) is 2.09. The van der Waals surface area contributed by atoms with Crippen molar-refractivity contribution >= 4 is 23.4 Å². The molecule has 0 bridgehead atoms. The maximum Gasteiger partial charge on any atom is 0.276 e. The fourth-order valence-corrected chi connectivity index (χ4v) is 3.49. The second-order valence-electron chi connectivity index (χ2n) is 5.16. The van der Waals surface area contributed by atoms with Crippen molar-refractivity contribution in [1.29, 1.82) is 0 Å². The minimum atomic E-state index is 0.469. The molecule has 1 aromatic carbocycles. The van der Waals surface area contributed by atoms with E-state index in [2.05, 4.69) is 16.3 Å². The number of hydrogen-bond donors (Lipinski definition) is 0. The van der Waals surface area contributed by atoms with Crippen LogP contribution >= 0.6 is 23.4 Å². The quantitative estimate of drug-likeness (QED) is 0.740. The highest BCUT2D eigenvalue weighted by Gasteiger charge is 2.21. The van der Waals surface area contributed by atoms with E-state index >= 15 is 0 Å². The van der Waals surface area contributed by atoms with Gasteiger partial charge in [0.15, 0.2) is 0 Å². The summed E-state index contributed by atoms with van der Waals surface area (Å²) in [5, 5.41) is 9.77. The van der Waals surface area contributed by atoms with Gasteiger partial charge in [0.1, 0.15) is 0 Å². The van der Waals surface area contributed by atoms with Crippen molar-refractivity contribution in [3.8, 4) is 0 Å². The Balaban J connectivity index is 1.59. The number of rotatable bonds is 4. The lowest BCUT2D eigenvalue weighted by Crippen LogP contribution is -2.04.